The Morgan fingerprint density at radius 3 is 2.14 bits per heavy atom. The van der Waals surface area contributed by atoms with Gasteiger partial charge in [0.25, 0.3) is 0 Å². The molecule has 7 heteroatoms. The molecule has 0 aromatic heterocycles. The van der Waals surface area contributed by atoms with Gasteiger partial charge in [-0.25, -0.2) is 0 Å². The first-order valence-electron chi connectivity index (χ1n) is 1.47. The molecule has 0 aliphatic heterocycles. The summed E-state index contributed by atoms with van der Waals surface area (Å²) in [5.41, 5.74) is 0. The van der Waals surface area contributed by atoms with Crippen molar-refractivity contribution in [3.8, 4) is 0 Å². The molecule has 0 saturated heterocycles. The second kappa shape index (κ2) is 3.78. The zero-order chi connectivity index (χ0) is 5.91. The van der Waals surface area contributed by atoms with Crippen molar-refractivity contribution in [1.82, 2.24) is 0 Å². The van der Waals surface area contributed by atoms with Gasteiger partial charge in [-0.1, -0.05) is 0 Å². The fraction of sp³-hybridized carbons (Fsp3) is 0. The first-order valence-corrected chi connectivity index (χ1v) is 9.32. The van der Waals surface area contributed by atoms with Gasteiger partial charge in [-0.15, -0.1) is 0 Å². The summed E-state index contributed by atoms with van der Waals surface area (Å²) in [6.07, 6.45) is 0. The van der Waals surface area contributed by atoms with E-state index in [9.17, 15) is 4.57 Å². The Kier molecular flexibility index (Phi) is 4.76. The van der Waals surface area contributed by atoms with Crippen molar-refractivity contribution in [2.75, 3.05) is 0 Å². The molecule has 7 heavy (non-hydrogen) atoms. The van der Waals surface area contributed by atoms with Crippen LogP contribution in [0, 0.1) is 0 Å². The summed E-state index contributed by atoms with van der Waals surface area (Å²) in [7, 11) is -4.08. The summed E-state index contributed by atoms with van der Waals surface area (Å²) >= 11 is 0.0659. The first-order chi connectivity index (χ1) is 3.06. The van der Waals surface area contributed by atoms with E-state index in [0.717, 1.165) is 24.1 Å². The van der Waals surface area contributed by atoms with Gasteiger partial charge in [-0.05, 0) is 0 Å². The molecule has 0 aliphatic carbocycles. The molecule has 0 aromatic rings. The van der Waals surface area contributed by atoms with E-state index in [2.05, 4.69) is 3.11 Å². The number of hydrogen-bond acceptors (Lipinski definition) is 2. The fourth-order valence-corrected chi connectivity index (χ4v) is 4.41. The Hall–Kier alpha value is 1.82. The standard InChI is InChI=1S/Na.H3O4P.Ti/c;1-5(2,3)4;/h;(H3,1,2,3,4);/q;;+1/p-1. The van der Waals surface area contributed by atoms with Crippen molar-refractivity contribution in [2.24, 2.45) is 0 Å². The number of rotatable bonds is 2. The molecule has 0 aromatic carbocycles. The Morgan fingerprint density at radius 2 is 2.14 bits per heavy atom. The van der Waals surface area contributed by atoms with Gasteiger partial charge in [-0.3, -0.25) is 0 Å². The maximum atomic E-state index is 9.76. The average molecular weight is 168 g/mol. The van der Waals surface area contributed by atoms with Crippen LogP contribution in [0.1, 0.15) is 0 Å². The third-order valence-corrected chi connectivity index (χ3v) is 4.86. The summed E-state index contributed by atoms with van der Waals surface area (Å²) in [4.78, 5) is 15.9. The molecule has 0 fully saturated rings. The van der Waals surface area contributed by atoms with Gasteiger partial charge in [0, 0.05) is 0 Å². The molecule has 0 unspecified atom stereocenters. The molecule has 0 spiro atoms. The van der Waals surface area contributed by atoms with Crippen molar-refractivity contribution in [3.05, 3.63) is 0 Å². The summed E-state index contributed by atoms with van der Waals surface area (Å²) < 4.78 is 13.8. The topological polar surface area (TPSA) is 66.8 Å². The molecule has 0 radical (unpaired) electrons. The summed E-state index contributed by atoms with van der Waals surface area (Å²) in [5.74, 6) is 0. The van der Waals surface area contributed by atoms with E-state index in [4.69, 9.17) is 9.79 Å². The Morgan fingerprint density at radius 1 is 1.71 bits per heavy atom. The summed E-state index contributed by atoms with van der Waals surface area (Å²) in [6, 6.07) is 0. The van der Waals surface area contributed by atoms with E-state index in [1.54, 1.807) is 0 Å². The van der Waals surface area contributed by atoms with Gasteiger partial charge in [-0.2, -0.15) is 0 Å². The average Bonchev–Trinajstić information content (AvgIpc) is 1.30. The van der Waals surface area contributed by atoms with Crippen LogP contribution in [0.2, 0.25) is 0 Å². The van der Waals surface area contributed by atoms with E-state index in [1.165, 1.54) is 0 Å². The molecule has 4 nitrogen and oxygen atoms in total. The summed E-state index contributed by atoms with van der Waals surface area (Å²) in [5, 5.41) is 0. The van der Waals surface area contributed by atoms with Crippen molar-refractivity contribution >= 4 is 31.9 Å². The van der Waals surface area contributed by atoms with E-state index in [-0.39, 0.29) is 0 Å². The molecule has 2 N–H and O–H groups in total. The van der Waals surface area contributed by atoms with Gasteiger partial charge in [0.2, 0.25) is 0 Å². The van der Waals surface area contributed by atoms with E-state index in [0.29, 0.717) is 0 Å². The Bertz CT molecular complexity index is 85.7. The van der Waals surface area contributed by atoms with Crippen molar-refractivity contribution in [2.45, 2.75) is 0 Å². The third-order valence-electron chi connectivity index (χ3n) is 0.210. The van der Waals surface area contributed by atoms with Crippen LogP contribution in [0.5, 0.6) is 0 Å². The van der Waals surface area contributed by atoms with Crippen LogP contribution < -0.4 is 0 Å². The van der Waals surface area contributed by atoms with E-state index in [1.807, 2.05) is 0 Å². The van der Waals surface area contributed by atoms with Crippen LogP contribution >= 0.6 is 7.82 Å². The van der Waals surface area contributed by atoms with E-state index >= 15 is 0 Å². The summed E-state index contributed by atoms with van der Waals surface area (Å²) in [6.45, 7) is 0. The van der Waals surface area contributed by atoms with Gasteiger partial charge >= 0.3 is 63.8 Å². The van der Waals surface area contributed by atoms with Crippen LogP contribution in [0.4, 0.5) is 0 Å². The van der Waals surface area contributed by atoms with Crippen molar-refractivity contribution < 1.29 is 31.9 Å². The Labute approximate surface area is 63.2 Å². The van der Waals surface area contributed by atoms with Crippen LogP contribution in [-0.4, -0.2) is 33.9 Å². The SMILES string of the molecule is O=P(O)(O)[O][Ti][Na]. The fourth-order valence-electron chi connectivity index (χ4n) is 0.119. The molecule has 0 heterocycles. The monoisotopic (exact) mass is 168 g/mol. The number of hydrogen-bond donors (Lipinski definition) is 2. The zero-order valence-electron chi connectivity index (χ0n) is 3.66. The van der Waals surface area contributed by atoms with Crippen LogP contribution in [0.15, 0.2) is 0 Å². The van der Waals surface area contributed by atoms with Gasteiger partial charge in [0.05, 0.1) is 0 Å². The Balaban J connectivity index is 3.36. The van der Waals surface area contributed by atoms with Gasteiger partial charge in [0.15, 0.2) is 0 Å². The molecule has 0 aliphatic rings. The molecule has 0 amide bonds. The van der Waals surface area contributed by atoms with Gasteiger partial charge in [0.1, 0.15) is 0 Å². The van der Waals surface area contributed by atoms with Crippen molar-refractivity contribution in [3.63, 3.8) is 0 Å². The predicted octanol–water partition coefficient (Wildman–Crippen LogP) is -0.823. The normalized spacial score (nSPS) is 11.4. The second-order valence-electron chi connectivity index (χ2n) is 0.786. The molecule has 0 rings (SSSR count). The number of phosphoric acid groups is 1. The molecule has 0 atom stereocenters. The molecule has 36 valence electrons. The van der Waals surface area contributed by atoms with Crippen LogP contribution in [-0.2, 0) is 22.1 Å². The molecule has 0 bridgehead atoms. The van der Waals surface area contributed by atoms with Crippen LogP contribution in [0.3, 0.4) is 0 Å². The van der Waals surface area contributed by atoms with Gasteiger partial charge < -0.3 is 0 Å². The second-order valence-corrected chi connectivity index (χ2v) is 5.13. The zero-order valence-corrected chi connectivity index (χ0v) is 8.11. The minimum atomic E-state index is -4.08. The third kappa shape index (κ3) is 7.82. The quantitative estimate of drug-likeness (QED) is 0.417. The maximum absolute atomic E-state index is 9.76. The first kappa shape index (κ1) is 8.82. The minimum absolute atomic E-state index is 0.715. The molecule has 0 saturated carbocycles. The molecular formula is H2NaO4PTi. The van der Waals surface area contributed by atoms with Crippen molar-refractivity contribution in [1.29, 1.82) is 0 Å². The predicted molar refractivity (Wildman–Crippen MR) is 18.9 cm³/mol. The van der Waals surface area contributed by atoms with Crippen LogP contribution in [0.25, 0.3) is 0 Å². The molecular weight excluding hydrogens is 166 g/mol. The van der Waals surface area contributed by atoms with E-state index < -0.39 is 22.3 Å².